The molecule has 1 unspecified atom stereocenters. The molecule has 1 N–H and O–H groups in total. The molecule has 0 fully saturated rings. The van der Waals surface area contributed by atoms with E-state index in [1.165, 1.54) is 5.56 Å². The van der Waals surface area contributed by atoms with Crippen molar-refractivity contribution in [3.63, 3.8) is 0 Å². The number of hydrogen-bond donors (Lipinski definition) is 1. The van der Waals surface area contributed by atoms with E-state index in [0.717, 1.165) is 12.2 Å². The van der Waals surface area contributed by atoms with Gasteiger partial charge in [0.05, 0.1) is 19.6 Å². The third-order valence-corrected chi connectivity index (χ3v) is 3.89. The van der Waals surface area contributed by atoms with Crippen molar-refractivity contribution in [1.82, 2.24) is 5.32 Å². The number of esters is 1. The monoisotopic (exact) mass is 355 g/mol. The molecule has 5 nitrogen and oxygen atoms in total. The van der Waals surface area contributed by atoms with Crippen molar-refractivity contribution in [3.8, 4) is 5.75 Å². The number of hydrogen-bond acceptors (Lipinski definition) is 4. The lowest BCUT2D eigenvalue weighted by atomic mass is 10.1. The SMILES string of the molecule is CCOC(=O)C(NC(=O)CCOc1ccc(CC)cc1)c1ccccc1. The molecule has 0 spiro atoms. The summed E-state index contributed by atoms with van der Waals surface area (Å²) in [6, 6.07) is 16.0. The van der Waals surface area contributed by atoms with Crippen molar-refractivity contribution in [3.05, 3.63) is 65.7 Å². The second kappa shape index (κ2) is 10.2. The summed E-state index contributed by atoms with van der Waals surface area (Å²) in [5.74, 6) is -0.0137. The molecule has 2 rings (SSSR count). The number of carbonyl (C=O) groups excluding carboxylic acids is 2. The average molecular weight is 355 g/mol. The zero-order valence-electron chi connectivity index (χ0n) is 15.2. The minimum Gasteiger partial charge on any atom is -0.493 e. The van der Waals surface area contributed by atoms with Gasteiger partial charge < -0.3 is 14.8 Å². The van der Waals surface area contributed by atoms with Crippen LogP contribution in [0, 0.1) is 0 Å². The van der Waals surface area contributed by atoms with Crippen molar-refractivity contribution in [2.24, 2.45) is 0 Å². The first-order valence-corrected chi connectivity index (χ1v) is 8.86. The van der Waals surface area contributed by atoms with Crippen molar-refractivity contribution in [2.75, 3.05) is 13.2 Å². The van der Waals surface area contributed by atoms with Crippen LogP contribution < -0.4 is 10.1 Å². The van der Waals surface area contributed by atoms with Crippen LogP contribution in [0.15, 0.2) is 54.6 Å². The lowest BCUT2D eigenvalue weighted by molar-refractivity contribution is -0.147. The van der Waals surface area contributed by atoms with Crippen molar-refractivity contribution < 1.29 is 19.1 Å². The van der Waals surface area contributed by atoms with Crippen LogP contribution in [-0.2, 0) is 20.7 Å². The van der Waals surface area contributed by atoms with Gasteiger partial charge in [-0.3, -0.25) is 4.79 Å². The van der Waals surface area contributed by atoms with Gasteiger partial charge in [-0.15, -0.1) is 0 Å². The Morgan fingerprint density at radius 1 is 1.00 bits per heavy atom. The van der Waals surface area contributed by atoms with Crippen LogP contribution in [0.4, 0.5) is 0 Å². The van der Waals surface area contributed by atoms with E-state index in [9.17, 15) is 9.59 Å². The maximum Gasteiger partial charge on any atom is 0.333 e. The van der Waals surface area contributed by atoms with Crippen LogP contribution in [0.1, 0.15) is 37.4 Å². The molecule has 0 aliphatic rings. The number of ether oxygens (including phenoxy) is 2. The second-order valence-corrected chi connectivity index (χ2v) is 5.76. The van der Waals surface area contributed by atoms with Gasteiger partial charge in [-0.2, -0.15) is 0 Å². The first kappa shape index (κ1) is 19.5. The molecule has 0 heterocycles. The fraction of sp³-hybridized carbons (Fsp3) is 0.333. The van der Waals surface area contributed by atoms with E-state index in [2.05, 4.69) is 12.2 Å². The Kier molecular flexibility index (Phi) is 7.68. The summed E-state index contributed by atoms with van der Waals surface area (Å²) in [5.41, 5.74) is 1.92. The second-order valence-electron chi connectivity index (χ2n) is 5.76. The highest BCUT2D eigenvalue weighted by Crippen LogP contribution is 2.15. The lowest BCUT2D eigenvalue weighted by Gasteiger charge is -2.17. The van der Waals surface area contributed by atoms with Crippen LogP contribution >= 0.6 is 0 Å². The molecular weight excluding hydrogens is 330 g/mol. The van der Waals surface area contributed by atoms with E-state index in [0.29, 0.717) is 5.56 Å². The van der Waals surface area contributed by atoms with Crippen molar-refractivity contribution >= 4 is 11.9 Å². The normalized spacial score (nSPS) is 11.5. The fourth-order valence-corrected chi connectivity index (χ4v) is 2.47. The van der Waals surface area contributed by atoms with Crippen molar-refractivity contribution in [1.29, 1.82) is 0 Å². The molecule has 0 aliphatic carbocycles. The highest BCUT2D eigenvalue weighted by atomic mass is 16.5. The molecule has 0 saturated heterocycles. The lowest BCUT2D eigenvalue weighted by Crippen LogP contribution is -2.35. The smallest absolute Gasteiger partial charge is 0.333 e. The maximum absolute atomic E-state index is 12.2. The first-order valence-electron chi connectivity index (χ1n) is 8.86. The summed E-state index contributed by atoms with van der Waals surface area (Å²) in [6.07, 6.45) is 1.12. The van der Waals surface area contributed by atoms with Gasteiger partial charge in [-0.1, -0.05) is 49.4 Å². The Morgan fingerprint density at radius 3 is 2.31 bits per heavy atom. The molecule has 138 valence electrons. The molecule has 0 aliphatic heterocycles. The summed E-state index contributed by atoms with van der Waals surface area (Å²) < 4.78 is 10.7. The Balaban J connectivity index is 1.89. The van der Waals surface area contributed by atoms with Gasteiger partial charge in [-0.25, -0.2) is 4.79 Å². The molecule has 0 aromatic heterocycles. The minimum atomic E-state index is -0.813. The quantitative estimate of drug-likeness (QED) is 0.700. The third-order valence-electron chi connectivity index (χ3n) is 3.89. The first-order chi connectivity index (χ1) is 12.6. The molecule has 1 atom stereocenters. The highest BCUT2D eigenvalue weighted by Gasteiger charge is 2.23. The van der Waals surface area contributed by atoms with E-state index in [1.807, 2.05) is 42.5 Å². The Hall–Kier alpha value is -2.82. The predicted octanol–water partition coefficient (Wildman–Crippen LogP) is 3.44. The predicted molar refractivity (Wildman–Crippen MR) is 99.9 cm³/mol. The molecule has 0 radical (unpaired) electrons. The van der Waals surface area contributed by atoms with E-state index < -0.39 is 12.0 Å². The Bertz CT molecular complexity index is 698. The van der Waals surface area contributed by atoms with Crippen LogP contribution in [0.25, 0.3) is 0 Å². The largest absolute Gasteiger partial charge is 0.493 e. The third kappa shape index (κ3) is 5.92. The van der Waals surface area contributed by atoms with Crippen LogP contribution in [-0.4, -0.2) is 25.1 Å². The molecular formula is C21H25NO4. The zero-order valence-corrected chi connectivity index (χ0v) is 15.2. The van der Waals surface area contributed by atoms with Crippen LogP contribution in [0.5, 0.6) is 5.75 Å². The summed E-state index contributed by atoms with van der Waals surface area (Å²) in [7, 11) is 0. The van der Waals surface area contributed by atoms with E-state index in [4.69, 9.17) is 9.47 Å². The molecule has 0 bridgehead atoms. The summed E-state index contributed by atoms with van der Waals surface area (Å²) in [4.78, 5) is 24.4. The van der Waals surface area contributed by atoms with Gasteiger partial charge in [0.2, 0.25) is 5.91 Å². The number of aryl methyl sites for hydroxylation is 1. The molecule has 1 amide bonds. The van der Waals surface area contributed by atoms with E-state index in [1.54, 1.807) is 19.1 Å². The van der Waals surface area contributed by atoms with Gasteiger partial charge in [0.15, 0.2) is 6.04 Å². The standard InChI is InChI=1S/C21H25NO4/c1-3-16-10-12-18(13-11-16)26-15-14-19(23)22-20(21(24)25-4-2)17-8-6-5-7-9-17/h5-13,20H,3-4,14-15H2,1-2H3,(H,22,23). The maximum atomic E-state index is 12.2. The average Bonchev–Trinajstić information content (AvgIpc) is 2.67. The zero-order chi connectivity index (χ0) is 18.8. The summed E-state index contributed by atoms with van der Waals surface area (Å²) in [5, 5.41) is 2.73. The van der Waals surface area contributed by atoms with Gasteiger partial charge in [0.1, 0.15) is 5.75 Å². The van der Waals surface area contributed by atoms with Crippen LogP contribution in [0.2, 0.25) is 0 Å². The topological polar surface area (TPSA) is 64.6 Å². The minimum absolute atomic E-state index is 0.151. The highest BCUT2D eigenvalue weighted by molar-refractivity contribution is 5.85. The Morgan fingerprint density at radius 2 is 1.69 bits per heavy atom. The molecule has 5 heteroatoms. The van der Waals surface area contributed by atoms with E-state index >= 15 is 0 Å². The van der Waals surface area contributed by atoms with Crippen LogP contribution in [0.3, 0.4) is 0 Å². The van der Waals surface area contributed by atoms with Crippen molar-refractivity contribution in [2.45, 2.75) is 32.7 Å². The van der Waals surface area contributed by atoms with Gasteiger partial charge in [0, 0.05) is 0 Å². The van der Waals surface area contributed by atoms with Gasteiger partial charge in [0.25, 0.3) is 0 Å². The summed E-state index contributed by atoms with van der Waals surface area (Å²) in [6.45, 7) is 4.32. The Labute approximate surface area is 154 Å². The molecule has 0 saturated carbocycles. The fourth-order valence-electron chi connectivity index (χ4n) is 2.47. The number of rotatable bonds is 9. The van der Waals surface area contributed by atoms with E-state index in [-0.39, 0.29) is 25.5 Å². The van der Waals surface area contributed by atoms with Gasteiger partial charge in [-0.05, 0) is 36.6 Å². The summed E-state index contributed by atoms with van der Waals surface area (Å²) >= 11 is 0. The van der Waals surface area contributed by atoms with Gasteiger partial charge >= 0.3 is 5.97 Å². The number of amides is 1. The number of nitrogens with one attached hydrogen (secondary N) is 1. The molecule has 2 aromatic carbocycles. The number of carbonyl (C=O) groups is 2. The molecule has 26 heavy (non-hydrogen) atoms. The molecule has 2 aromatic rings. The number of benzene rings is 2.